The molecule has 113 heavy (non-hydrogen) atoms. The van der Waals surface area contributed by atoms with E-state index in [0.717, 1.165) is 108 Å². The Morgan fingerprint density at radius 3 is 0.673 bits per heavy atom. The van der Waals surface area contributed by atoms with Crippen molar-refractivity contribution >= 4 is 39.5 Å². The standard InChI is InChI=1S/C94H184O17P2/c1-8-11-12-13-14-15-16-17-18-19-20-21-22-26-29-35-40-47-54-61-68-75-91(96)104-81-89(110-93(98)77-70-63-56-48-41-36-30-27-24-23-25-28-33-38-45-52-59-66-73-86(6)9-2)83-108-112(100,101)106-79-88(95)80-107-113(102,103)109-84-90(82-105-92(97)76-69-62-55-50-43-44-51-58-65-72-85(4)5)111-94(99)78-71-64-57-49-42-37-32-31-34-39-46-53-60-67-74-87(7)10-3/h85-90,95H,8-84H2,1-7H3,(H,100,101)(H,102,103)/t86?,87?,88-,89-,90-/m1/s1. The van der Waals surface area contributed by atoms with E-state index in [1.807, 2.05) is 0 Å². The molecule has 0 aromatic heterocycles. The van der Waals surface area contributed by atoms with Crippen LogP contribution in [0.5, 0.6) is 0 Å². The van der Waals surface area contributed by atoms with E-state index in [0.29, 0.717) is 25.7 Å². The summed E-state index contributed by atoms with van der Waals surface area (Å²) in [5.74, 6) is 0.365. The second kappa shape index (κ2) is 83.7. The molecular formula is C94H184O17P2. The summed E-state index contributed by atoms with van der Waals surface area (Å²) >= 11 is 0. The van der Waals surface area contributed by atoms with Crippen molar-refractivity contribution in [2.75, 3.05) is 39.6 Å². The molecule has 0 aromatic rings. The molecule has 0 aliphatic carbocycles. The van der Waals surface area contributed by atoms with Crippen LogP contribution >= 0.6 is 15.6 Å². The lowest BCUT2D eigenvalue weighted by molar-refractivity contribution is -0.161. The summed E-state index contributed by atoms with van der Waals surface area (Å²) in [6.07, 6.45) is 77.8. The van der Waals surface area contributed by atoms with Gasteiger partial charge in [0.25, 0.3) is 0 Å². The number of ether oxygens (including phenoxy) is 4. The number of aliphatic hydroxyl groups is 1. The van der Waals surface area contributed by atoms with Gasteiger partial charge in [-0.25, -0.2) is 9.13 Å². The second-order valence-corrected chi connectivity index (χ2v) is 37.6. The van der Waals surface area contributed by atoms with Crippen LogP contribution < -0.4 is 0 Å². The van der Waals surface area contributed by atoms with Crippen LogP contribution in [0.15, 0.2) is 0 Å². The molecule has 0 heterocycles. The average Bonchev–Trinajstić information content (AvgIpc) is 0.909. The van der Waals surface area contributed by atoms with Crippen molar-refractivity contribution in [3.8, 4) is 0 Å². The molecule has 17 nitrogen and oxygen atoms in total. The van der Waals surface area contributed by atoms with Crippen molar-refractivity contribution in [1.29, 1.82) is 0 Å². The quantitative estimate of drug-likeness (QED) is 0.0222. The highest BCUT2D eigenvalue weighted by molar-refractivity contribution is 7.47. The second-order valence-electron chi connectivity index (χ2n) is 34.7. The number of unbranched alkanes of at least 4 members (excludes halogenated alkanes) is 58. The lowest BCUT2D eigenvalue weighted by Gasteiger charge is -2.21. The molecule has 7 atom stereocenters. The summed E-state index contributed by atoms with van der Waals surface area (Å²) in [7, 11) is -9.94. The number of hydrogen-bond donors (Lipinski definition) is 3. The largest absolute Gasteiger partial charge is 0.472 e. The molecule has 0 rings (SSSR count). The van der Waals surface area contributed by atoms with E-state index in [9.17, 15) is 43.2 Å². The van der Waals surface area contributed by atoms with Crippen LogP contribution in [0, 0.1) is 17.8 Å². The SMILES string of the molecule is CCCCCCCCCCCCCCCCCCCCCCCC(=O)OC[C@H](COP(=O)(O)OC[C@@H](O)COP(=O)(O)OC[C@@H](COC(=O)CCCCCCCCCCCC(C)C)OC(=O)CCCCCCCCCCCCCCCCC(C)CC)OC(=O)CCCCCCCCCCCCCCCCCCCCC(C)CC. The summed E-state index contributed by atoms with van der Waals surface area (Å²) in [4.78, 5) is 73.5. The third-order valence-corrected chi connectivity index (χ3v) is 24.8. The Labute approximate surface area is 696 Å². The molecule has 0 amide bonds. The Hall–Kier alpha value is -1.94. The molecule has 0 bridgehead atoms. The summed E-state index contributed by atoms with van der Waals surface area (Å²) in [5.41, 5.74) is 0. The first-order valence-corrected chi connectivity index (χ1v) is 51.4. The van der Waals surface area contributed by atoms with Gasteiger partial charge in [0.15, 0.2) is 12.2 Å². The number of carbonyl (C=O) groups excluding carboxylic acids is 4. The van der Waals surface area contributed by atoms with Gasteiger partial charge >= 0.3 is 39.5 Å². The molecule has 0 aliphatic heterocycles. The molecule has 3 N–H and O–H groups in total. The van der Waals surface area contributed by atoms with Crippen LogP contribution in [0.4, 0.5) is 0 Å². The van der Waals surface area contributed by atoms with Gasteiger partial charge in [-0.3, -0.25) is 37.3 Å². The van der Waals surface area contributed by atoms with Gasteiger partial charge in [-0.1, -0.05) is 453 Å². The normalized spacial score (nSPS) is 14.2. The molecule has 0 saturated carbocycles. The first-order valence-electron chi connectivity index (χ1n) is 48.4. The van der Waals surface area contributed by atoms with Gasteiger partial charge in [0.1, 0.15) is 19.3 Å². The maximum atomic E-state index is 13.2. The first kappa shape index (κ1) is 111. The van der Waals surface area contributed by atoms with Gasteiger partial charge in [-0.15, -0.1) is 0 Å². The van der Waals surface area contributed by atoms with Crippen molar-refractivity contribution in [2.45, 2.75) is 523 Å². The number of hydrogen-bond acceptors (Lipinski definition) is 15. The van der Waals surface area contributed by atoms with Crippen molar-refractivity contribution in [3.63, 3.8) is 0 Å². The zero-order valence-corrected chi connectivity index (χ0v) is 76.7. The fraction of sp³-hybridized carbons (Fsp3) is 0.957. The van der Waals surface area contributed by atoms with Crippen molar-refractivity contribution in [2.24, 2.45) is 17.8 Å². The lowest BCUT2D eigenvalue weighted by Crippen LogP contribution is -2.30. The highest BCUT2D eigenvalue weighted by Gasteiger charge is 2.31. The van der Waals surface area contributed by atoms with Crippen LogP contribution in [0.1, 0.15) is 504 Å². The minimum atomic E-state index is -4.97. The summed E-state index contributed by atoms with van der Waals surface area (Å²) in [5, 5.41) is 10.7. The monoisotopic (exact) mass is 1650 g/mol. The van der Waals surface area contributed by atoms with E-state index in [1.165, 1.54) is 315 Å². The van der Waals surface area contributed by atoms with E-state index < -0.39 is 97.5 Å². The average molecular weight is 1650 g/mol. The minimum absolute atomic E-state index is 0.108. The topological polar surface area (TPSA) is 237 Å². The van der Waals surface area contributed by atoms with E-state index in [1.54, 1.807) is 0 Å². The smallest absolute Gasteiger partial charge is 0.462 e. The summed E-state index contributed by atoms with van der Waals surface area (Å²) in [6, 6.07) is 0. The number of carbonyl (C=O) groups is 4. The van der Waals surface area contributed by atoms with Crippen LogP contribution in [-0.2, 0) is 65.4 Å². The molecule has 0 saturated heterocycles. The highest BCUT2D eigenvalue weighted by Crippen LogP contribution is 2.45. The molecule has 0 fully saturated rings. The van der Waals surface area contributed by atoms with E-state index >= 15 is 0 Å². The van der Waals surface area contributed by atoms with Crippen LogP contribution in [0.2, 0.25) is 0 Å². The molecule has 0 radical (unpaired) electrons. The highest BCUT2D eigenvalue weighted by atomic mass is 31.2. The molecule has 19 heteroatoms. The van der Waals surface area contributed by atoms with Gasteiger partial charge < -0.3 is 33.8 Å². The van der Waals surface area contributed by atoms with Gasteiger partial charge in [-0.2, -0.15) is 0 Å². The Morgan fingerprint density at radius 2 is 0.451 bits per heavy atom. The molecular weight excluding hydrogens is 1460 g/mol. The fourth-order valence-corrected chi connectivity index (χ4v) is 16.3. The number of phosphoric acid groups is 2. The maximum absolute atomic E-state index is 13.2. The minimum Gasteiger partial charge on any atom is -0.462 e. The third-order valence-electron chi connectivity index (χ3n) is 22.9. The van der Waals surface area contributed by atoms with Gasteiger partial charge in [-0.05, 0) is 43.4 Å². The lowest BCUT2D eigenvalue weighted by atomic mass is 9.99. The number of aliphatic hydroxyl groups excluding tert-OH is 1. The number of esters is 4. The van der Waals surface area contributed by atoms with Crippen LogP contribution in [0.3, 0.4) is 0 Å². The predicted octanol–water partition coefficient (Wildman–Crippen LogP) is 29.2. The van der Waals surface area contributed by atoms with E-state index in [-0.39, 0.29) is 25.7 Å². The summed E-state index contributed by atoms with van der Waals surface area (Å²) in [6.45, 7) is 12.1. The molecule has 0 aromatic carbocycles. The zero-order chi connectivity index (χ0) is 82.9. The zero-order valence-electron chi connectivity index (χ0n) is 74.9. The Morgan fingerprint density at radius 1 is 0.257 bits per heavy atom. The van der Waals surface area contributed by atoms with Crippen LogP contribution in [-0.4, -0.2) is 96.7 Å². The van der Waals surface area contributed by atoms with Crippen molar-refractivity contribution in [1.82, 2.24) is 0 Å². The number of rotatable bonds is 92. The molecule has 4 unspecified atom stereocenters. The predicted molar refractivity (Wildman–Crippen MR) is 469 cm³/mol. The van der Waals surface area contributed by atoms with Crippen molar-refractivity contribution < 1.29 is 80.2 Å². The maximum Gasteiger partial charge on any atom is 0.472 e. The summed E-state index contributed by atoms with van der Waals surface area (Å²) < 4.78 is 69.2. The van der Waals surface area contributed by atoms with Gasteiger partial charge in [0.2, 0.25) is 0 Å². The van der Waals surface area contributed by atoms with Crippen molar-refractivity contribution in [3.05, 3.63) is 0 Å². The van der Waals surface area contributed by atoms with Gasteiger partial charge in [0.05, 0.1) is 26.4 Å². The van der Waals surface area contributed by atoms with Gasteiger partial charge in [0, 0.05) is 25.7 Å². The molecule has 0 spiro atoms. The van der Waals surface area contributed by atoms with E-state index in [4.69, 9.17) is 37.0 Å². The number of phosphoric ester groups is 2. The Kier molecular flexibility index (Phi) is 82.3. The Bertz CT molecular complexity index is 2170. The fourth-order valence-electron chi connectivity index (χ4n) is 14.7. The molecule has 672 valence electrons. The third kappa shape index (κ3) is 84.9. The van der Waals surface area contributed by atoms with E-state index in [2.05, 4.69) is 48.5 Å². The molecule has 0 aliphatic rings. The van der Waals surface area contributed by atoms with Crippen LogP contribution in [0.25, 0.3) is 0 Å². The Balaban J connectivity index is 5.25. The first-order chi connectivity index (χ1) is 54.8.